The normalized spacial score (nSPS) is 30.4. The van der Waals surface area contributed by atoms with E-state index >= 15 is 0 Å². The van der Waals surface area contributed by atoms with E-state index in [0.29, 0.717) is 0 Å². The number of carbonyl (C=O) groups is 3. The average molecular weight is 204 g/mol. The van der Waals surface area contributed by atoms with Crippen LogP contribution in [0.25, 0.3) is 0 Å². The molecule has 2 atom stereocenters. The molecule has 7 N–H and O–H groups in total. The standard InChI is InChI=1S/C5H8N4O5/c6-3(12)7-1-5(14,2(10)11)9-4(13)8-1/h1,14H,(H,10,11)(H3,6,7,12)(H2,8,9,13). The first kappa shape index (κ1) is 10.1. The number of rotatable bonds is 2. The molecule has 0 aromatic heterocycles. The number of carbonyl (C=O) groups excluding carboxylic acids is 2. The first-order chi connectivity index (χ1) is 6.36. The fourth-order valence-corrected chi connectivity index (χ4v) is 0.977. The van der Waals surface area contributed by atoms with Crippen LogP contribution in [0.15, 0.2) is 0 Å². The zero-order valence-electron chi connectivity index (χ0n) is 6.77. The molecule has 0 aromatic carbocycles. The highest BCUT2D eigenvalue weighted by molar-refractivity contribution is 5.90. The Morgan fingerprint density at radius 1 is 1.57 bits per heavy atom. The summed E-state index contributed by atoms with van der Waals surface area (Å²) in [5, 5.41) is 23.5. The lowest BCUT2D eigenvalue weighted by Crippen LogP contribution is -2.63. The highest BCUT2D eigenvalue weighted by atomic mass is 16.4. The molecule has 0 radical (unpaired) electrons. The number of carboxylic acid groups (broad SMARTS) is 1. The number of carboxylic acids is 1. The van der Waals surface area contributed by atoms with Crippen molar-refractivity contribution < 1.29 is 24.6 Å². The summed E-state index contributed by atoms with van der Waals surface area (Å²) in [6.45, 7) is 0. The molecule has 1 aliphatic heterocycles. The van der Waals surface area contributed by atoms with E-state index in [1.807, 2.05) is 10.6 Å². The van der Waals surface area contributed by atoms with Crippen LogP contribution in [0.4, 0.5) is 9.59 Å². The predicted octanol–water partition coefficient (Wildman–Crippen LogP) is -2.93. The number of primary amides is 1. The largest absolute Gasteiger partial charge is 0.478 e. The van der Waals surface area contributed by atoms with Crippen molar-refractivity contribution in [3.8, 4) is 0 Å². The molecule has 9 nitrogen and oxygen atoms in total. The average Bonchev–Trinajstić information content (AvgIpc) is 2.26. The zero-order valence-corrected chi connectivity index (χ0v) is 6.77. The number of urea groups is 2. The number of hydrogen-bond acceptors (Lipinski definition) is 4. The van der Waals surface area contributed by atoms with Crippen molar-refractivity contribution in [3.05, 3.63) is 0 Å². The minimum Gasteiger partial charge on any atom is -0.478 e. The van der Waals surface area contributed by atoms with E-state index in [9.17, 15) is 19.5 Å². The van der Waals surface area contributed by atoms with Crippen LogP contribution >= 0.6 is 0 Å². The molecule has 0 bridgehead atoms. The Morgan fingerprint density at radius 2 is 2.14 bits per heavy atom. The summed E-state index contributed by atoms with van der Waals surface area (Å²) in [7, 11) is 0. The van der Waals surface area contributed by atoms with Crippen LogP contribution < -0.4 is 21.7 Å². The van der Waals surface area contributed by atoms with E-state index in [2.05, 4.69) is 0 Å². The van der Waals surface area contributed by atoms with Crippen LogP contribution in [0.2, 0.25) is 0 Å². The van der Waals surface area contributed by atoms with Gasteiger partial charge in [0, 0.05) is 0 Å². The van der Waals surface area contributed by atoms with E-state index in [1.54, 1.807) is 5.32 Å². The molecule has 1 saturated heterocycles. The van der Waals surface area contributed by atoms with Crippen LogP contribution in [0, 0.1) is 0 Å². The van der Waals surface area contributed by atoms with Gasteiger partial charge in [0.05, 0.1) is 0 Å². The van der Waals surface area contributed by atoms with Crippen LogP contribution in [0.3, 0.4) is 0 Å². The molecular weight excluding hydrogens is 196 g/mol. The molecule has 0 spiro atoms. The maximum Gasteiger partial charge on any atom is 0.361 e. The Kier molecular flexibility index (Phi) is 2.18. The van der Waals surface area contributed by atoms with Crippen molar-refractivity contribution in [1.82, 2.24) is 16.0 Å². The summed E-state index contributed by atoms with van der Waals surface area (Å²) in [6.07, 6.45) is -1.51. The molecular formula is C5H8N4O5. The van der Waals surface area contributed by atoms with Crippen molar-refractivity contribution in [2.75, 3.05) is 0 Å². The Labute approximate surface area is 77.3 Å². The Morgan fingerprint density at radius 3 is 2.57 bits per heavy atom. The van der Waals surface area contributed by atoms with Crippen molar-refractivity contribution in [2.24, 2.45) is 5.73 Å². The fraction of sp³-hybridized carbons (Fsp3) is 0.400. The molecule has 1 heterocycles. The number of aliphatic carboxylic acids is 1. The lowest BCUT2D eigenvalue weighted by atomic mass is 10.2. The lowest BCUT2D eigenvalue weighted by Gasteiger charge is -2.23. The summed E-state index contributed by atoms with van der Waals surface area (Å²) in [5.74, 6) is -1.71. The van der Waals surface area contributed by atoms with Crippen molar-refractivity contribution >= 4 is 18.0 Å². The second-order valence-electron chi connectivity index (χ2n) is 2.61. The third kappa shape index (κ3) is 1.52. The molecule has 1 aliphatic rings. The van der Waals surface area contributed by atoms with Crippen LogP contribution in [-0.2, 0) is 4.79 Å². The third-order valence-electron chi connectivity index (χ3n) is 1.61. The van der Waals surface area contributed by atoms with Gasteiger partial charge in [-0.3, -0.25) is 5.32 Å². The van der Waals surface area contributed by atoms with Crippen molar-refractivity contribution in [1.29, 1.82) is 0 Å². The molecule has 78 valence electrons. The second-order valence-corrected chi connectivity index (χ2v) is 2.61. The predicted molar refractivity (Wildman–Crippen MR) is 40.8 cm³/mol. The zero-order chi connectivity index (χ0) is 10.9. The summed E-state index contributed by atoms with van der Waals surface area (Å²) >= 11 is 0. The summed E-state index contributed by atoms with van der Waals surface area (Å²) in [5.41, 5.74) is 2.11. The molecule has 0 saturated carbocycles. The van der Waals surface area contributed by atoms with Gasteiger partial charge in [-0.25, -0.2) is 14.4 Å². The summed E-state index contributed by atoms with van der Waals surface area (Å²) < 4.78 is 0. The summed E-state index contributed by atoms with van der Waals surface area (Å²) in [6, 6.07) is -1.99. The lowest BCUT2D eigenvalue weighted by molar-refractivity contribution is -0.162. The van der Waals surface area contributed by atoms with Gasteiger partial charge in [0.1, 0.15) is 0 Å². The third-order valence-corrected chi connectivity index (χ3v) is 1.61. The maximum absolute atomic E-state index is 10.7. The van der Waals surface area contributed by atoms with E-state index in [4.69, 9.17) is 10.8 Å². The van der Waals surface area contributed by atoms with E-state index in [-0.39, 0.29) is 0 Å². The van der Waals surface area contributed by atoms with Gasteiger partial charge in [-0.05, 0) is 0 Å². The fourth-order valence-electron chi connectivity index (χ4n) is 0.977. The van der Waals surface area contributed by atoms with Gasteiger partial charge in [-0.2, -0.15) is 0 Å². The van der Waals surface area contributed by atoms with E-state index < -0.39 is 29.9 Å². The molecule has 9 heteroatoms. The monoisotopic (exact) mass is 204 g/mol. The smallest absolute Gasteiger partial charge is 0.361 e. The Hall–Kier alpha value is -2.03. The van der Waals surface area contributed by atoms with Gasteiger partial charge in [0.2, 0.25) is 0 Å². The molecule has 1 rings (SSSR count). The topological polar surface area (TPSA) is 154 Å². The quantitative estimate of drug-likeness (QED) is 0.284. The molecule has 0 aliphatic carbocycles. The molecule has 2 unspecified atom stereocenters. The van der Waals surface area contributed by atoms with E-state index in [1.165, 1.54) is 0 Å². The Balaban J connectivity index is 2.87. The molecule has 14 heavy (non-hydrogen) atoms. The molecule has 1 fully saturated rings. The van der Waals surface area contributed by atoms with Gasteiger partial charge < -0.3 is 26.6 Å². The maximum atomic E-state index is 10.7. The SMILES string of the molecule is NC(=O)NC1NC(=O)NC1(O)C(=O)O. The first-order valence-electron chi connectivity index (χ1n) is 3.46. The number of aliphatic hydroxyl groups is 1. The Bertz CT molecular complexity index is 304. The number of nitrogens with one attached hydrogen (secondary N) is 3. The number of hydrogen-bond donors (Lipinski definition) is 6. The van der Waals surface area contributed by atoms with Gasteiger partial charge in [-0.15, -0.1) is 0 Å². The van der Waals surface area contributed by atoms with Gasteiger partial charge in [0.15, 0.2) is 6.17 Å². The van der Waals surface area contributed by atoms with Gasteiger partial charge >= 0.3 is 18.0 Å². The van der Waals surface area contributed by atoms with Gasteiger partial charge in [0.25, 0.3) is 5.72 Å². The number of nitrogens with two attached hydrogens (primary N) is 1. The highest BCUT2D eigenvalue weighted by Gasteiger charge is 2.52. The van der Waals surface area contributed by atoms with Crippen LogP contribution in [0.5, 0.6) is 0 Å². The molecule has 4 amide bonds. The molecule has 0 aromatic rings. The minimum atomic E-state index is -2.59. The van der Waals surface area contributed by atoms with Crippen LogP contribution in [-0.4, -0.2) is 40.1 Å². The summed E-state index contributed by atoms with van der Waals surface area (Å²) in [4.78, 5) is 31.7. The first-order valence-corrected chi connectivity index (χ1v) is 3.46. The number of amides is 4. The second kappa shape index (κ2) is 3.03. The van der Waals surface area contributed by atoms with Crippen molar-refractivity contribution in [2.45, 2.75) is 11.9 Å². The highest BCUT2D eigenvalue weighted by Crippen LogP contribution is 2.10. The minimum absolute atomic E-state index is 0.923. The van der Waals surface area contributed by atoms with Crippen LogP contribution in [0.1, 0.15) is 0 Å². The van der Waals surface area contributed by atoms with E-state index in [0.717, 1.165) is 0 Å². The van der Waals surface area contributed by atoms with Crippen molar-refractivity contribution in [3.63, 3.8) is 0 Å². The van der Waals surface area contributed by atoms with Gasteiger partial charge in [-0.1, -0.05) is 0 Å².